The van der Waals surface area contributed by atoms with Gasteiger partial charge in [0, 0.05) is 30.3 Å². The van der Waals surface area contributed by atoms with Crippen LogP contribution in [-0.4, -0.2) is 55.0 Å². The molecule has 0 bridgehead atoms. The van der Waals surface area contributed by atoms with Gasteiger partial charge >= 0.3 is 0 Å². The van der Waals surface area contributed by atoms with Crippen LogP contribution in [0.15, 0.2) is 24.3 Å². The molecule has 2 aliphatic heterocycles. The van der Waals surface area contributed by atoms with Crippen LogP contribution < -0.4 is 5.32 Å². The highest BCUT2D eigenvalue weighted by Gasteiger charge is 2.41. The molecule has 0 aromatic heterocycles. The molecular formula is C17H20N2O5S. The Hall–Kier alpha value is -2.22. The summed E-state index contributed by atoms with van der Waals surface area (Å²) in [6, 6.07) is 6.30. The number of hydrogen-bond acceptors (Lipinski definition) is 5. The number of nitrogens with zero attached hydrogens (tertiary/aromatic N) is 1. The quantitative estimate of drug-likeness (QED) is 0.799. The molecule has 1 aromatic carbocycles. The standard InChI is InChI=1S/C17H20N2O5S/c1-11(20)12-3-2-4-14(7-12)18-17(22)13-8-16(21)19(9-13)15-5-6-25(23,24)10-15/h2-4,7,13,15H,5-6,8-10H2,1H3,(H,18,22). The van der Waals surface area contributed by atoms with Crippen molar-refractivity contribution < 1.29 is 22.8 Å². The Morgan fingerprint density at radius 3 is 2.68 bits per heavy atom. The van der Waals surface area contributed by atoms with E-state index in [4.69, 9.17) is 0 Å². The molecule has 7 nitrogen and oxygen atoms in total. The lowest BCUT2D eigenvalue weighted by atomic mass is 10.1. The zero-order valence-corrected chi connectivity index (χ0v) is 14.7. The molecule has 0 saturated carbocycles. The predicted octanol–water partition coefficient (Wildman–Crippen LogP) is 0.863. The topological polar surface area (TPSA) is 101 Å². The first-order valence-electron chi connectivity index (χ1n) is 8.17. The summed E-state index contributed by atoms with van der Waals surface area (Å²) in [4.78, 5) is 37.6. The van der Waals surface area contributed by atoms with Crippen molar-refractivity contribution in [3.8, 4) is 0 Å². The third kappa shape index (κ3) is 3.89. The molecule has 2 atom stereocenters. The number of carbonyl (C=O) groups is 3. The lowest BCUT2D eigenvalue weighted by Gasteiger charge is -2.22. The Bertz CT molecular complexity index is 833. The summed E-state index contributed by atoms with van der Waals surface area (Å²) < 4.78 is 23.2. The van der Waals surface area contributed by atoms with E-state index in [1.165, 1.54) is 11.8 Å². The van der Waals surface area contributed by atoms with Gasteiger partial charge in [-0.25, -0.2) is 8.42 Å². The van der Waals surface area contributed by atoms with Gasteiger partial charge in [0.1, 0.15) is 0 Å². The number of carbonyl (C=O) groups excluding carboxylic acids is 3. The summed E-state index contributed by atoms with van der Waals surface area (Å²) in [7, 11) is -3.08. The number of nitrogens with one attached hydrogen (secondary N) is 1. The molecule has 25 heavy (non-hydrogen) atoms. The third-order valence-electron chi connectivity index (χ3n) is 4.72. The van der Waals surface area contributed by atoms with Crippen molar-refractivity contribution in [2.45, 2.75) is 25.8 Å². The minimum atomic E-state index is -3.08. The molecule has 2 saturated heterocycles. The van der Waals surface area contributed by atoms with Crippen molar-refractivity contribution in [3.05, 3.63) is 29.8 Å². The van der Waals surface area contributed by atoms with E-state index in [1.807, 2.05) is 0 Å². The molecule has 0 radical (unpaired) electrons. The maximum absolute atomic E-state index is 12.4. The van der Waals surface area contributed by atoms with Gasteiger partial charge in [0.25, 0.3) is 0 Å². The van der Waals surface area contributed by atoms with Crippen molar-refractivity contribution in [1.82, 2.24) is 4.90 Å². The number of anilines is 1. The maximum Gasteiger partial charge on any atom is 0.229 e. The summed E-state index contributed by atoms with van der Waals surface area (Å²) in [5, 5.41) is 2.74. The minimum absolute atomic E-state index is 0.0201. The SMILES string of the molecule is CC(=O)c1cccc(NC(=O)C2CC(=O)N(C3CCS(=O)(=O)C3)C2)c1. The lowest BCUT2D eigenvalue weighted by molar-refractivity contribution is -0.129. The van der Waals surface area contributed by atoms with Crippen LogP contribution in [0.1, 0.15) is 30.1 Å². The Balaban J connectivity index is 1.65. The van der Waals surface area contributed by atoms with Crippen molar-refractivity contribution in [2.24, 2.45) is 5.92 Å². The Morgan fingerprint density at radius 2 is 2.04 bits per heavy atom. The van der Waals surface area contributed by atoms with E-state index in [-0.39, 0.29) is 48.1 Å². The van der Waals surface area contributed by atoms with Gasteiger partial charge < -0.3 is 10.2 Å². The van der Waals surface area contributed by atoms with Crippen LogP contribution in [0.25, 0.3) is 0 Å². The molecule has 2 fully saturated rings. The van der Waals surface area contributed by atoms with E-state index in [1.54, 1.807) is 24.3 Å². The van der Waals surface area contributed by atoms with Crippen LogP contribution in [0.5, 0.6) is 0 Å². The van der Waals surface area contributed by atoms with Crippen molar-refractivity contribution in [3.63, 3.8) is 0 Å². The zero-order valence-electron chi connectivity index (χ0n) is 13.9. The smallest absolute Gasteiger partial charge is 0.229 e. The van der Waals surface area contributed by atoms with Crippen molar-refractivity contribution >= 4 is 33.1 Å². The Morgan fingerprint density at radius 1 is 1.28 bits per heavy atom. The fourth-order valence-electron chi connectivity index (χ4n) is 3.34. The maximum atomic E-state index is 12.4. The second-order valence-electron chi connectivity index (χ2n) is 6.63. The predicted molar refractivity (Wildman–Crippen MR) is 92.0 cm³/mol. The molecular weight excluding hydrogens is 344 g/mol. The van der Waals surface area contributed by atoms with E-state index in [9.17, 15) is 22.8 Å². The first-order chi connectivity index (χ1) is 11.7. The molecule has 2 unspecified atom stereocenters. The number of likely N-dealkylation sites (tertiary alicyclic amines) is 1. The van der Waals surface area contributed by atoms with E-state index >= 15 is 0 Å². The molecule has 1 N–H and O–H groups in total. The Kier molecular flexibility index (Phi) is 4.64. The largest absolute Gasteiger partial charge is 0.338 e. The van der Waals surface area contributed by atoms with E-state index in [0.29, 0.717) is 17.7 Å². The number of amides is 2. The van der Waals surface area contributed by atoms with Crippen LogP contribution in [0.4, 0.5) is 5.69 Å². The molecule has 2 amide bonds. The highest BCUT2D eigenvalue weighted by molar-refractivity contribution is 7.91. The van der Waals surface area contributed by atoms with Crippen molar-refractivity contribution in [2.75, 3.05) is 23.4 Å². The molecule has 0 aliphatic carbocycles. The number of sulfone groups is 1. The van der Waals surface area contributed by atoms with Gasteiger partial charge in [0.05, 0.1) is 17.4 Å². The van der Waals surface area contributed by atoms with Crippen molar-refractivity contribution in [1.29, 1.82) is 0 Å². The highest BCUT2D eigenvalue weighted by atomic mass is 32.2. The third-order valence-corrected chi connectivity index (χ3v) is 6.47. The first kappa shape index (κ1) is 17.6. The molecule has 0 spiro atoms. The van der Waals surface area contributed by atoms with Gasteiger partial charge in [-0.05, 0) is 25.5 Å². The number of hydrogen-bond donors (Lipinski definition) is 1. The van der Waals surface area contributed by atoms with E-state index in [0.717, 1.165) is 0 Å². The number of benzene rings is 1. The fourth-order valence-corrected chi connectivity index (χ4v) is 5.07. The summed E-state index contributed by atoms with van der Waals surface area (Å²) >= 11 is 0. The van der Waals surface area contributed by atoms with Gasteiger partial charge in [-0.3, -0.25) is 14.4 Å². The van der Waals surface area contributed by atoms with E-state index < -0.39 is 15.8 Å². The second kappa shape index (κ2) is 6.59. The molecule has 8 heteroatoms. The first-order valence-corrected chi connectivity index (χ1v) is 9.99. The summed E-state index contributed by atoms with van der Waals surface area (Å²) in [5.41, 5.74) is 1.00. The second-order valence-corrected chi connectivity index (χ2v) is 8.86. The minimum Gasteiger partial charge on any atom is -0.338 e. The van der Waals surface area contributed by atoms with Crippen LogP contribution in [0.2, 0.25) is 0 Å². The molecule has 2 aliphatic rings. The number of Topliss-reactive ketones (excluding diaryl/α,β-unsaturated/α-hetero) is 1. The summed E-state index contributed by atoms with van der Waals surface area (Å²) in [5.74, 6) is -1.01. The van der Waals surface area contributed by atoms with Gasteiger partial charge in [-0.15, -0.1) is 0 Å². The summed E-state index contributed by atoms with van der Waals surface area (Å²) in [6.07, 6.45) is 0.512. The number of rotatable bonds is 4. The average molecular weight is 364 g/mol. The van der Waals surface area contributed by atoms with E-state index in [2.05, 4.69) is 5.32 Å². The van der Waals surface area contributed by atoms with Gasteiger partial charge in [-0.1, -0.05) is 12.1 Å². The monoisotopic (exact) mass is 364 g/mol. The van der Waals surface area contributed by atoms with Gasteiger partial charge in [0.15, 0.2) is 15.6 Å². The normalized spacial score (nSPS) is 25.2. The molecule has 2 heterocycles. The number of ketones is 1. The van der Waals surface area contributed by atoms with Crippen LogP contribution in [-0.2, 0) is 19.4 Å². The lowest BCUT2D eigenvalue weighted by Crippen LogP contribution is -2.38. The van der Waals surface area contributed by atoms with Crippen LogP contribution in [0.3, 0.4) is 0 Å². The van der Waals surface area contributed by atoms with Gasteiger partial charge in [0.2, 0.25) is 11.8 Å². The molecule has 134 valence electrons. The molecule has 1 aromatic rings. The average Bonchev–Trinajstić information content (AvgIpc) is 3.10. The Labute approximate surface area is 146 Å². The highest BCUT2D eigenvalue weighted by Crippen LogP contribution is 2.27. The van der Waals surface area contributed by atoms with Gasteiger partial charge in [-0.2, -0.15) is 0 Å². The fraction of sp³-hybridized carbons (Fsp3) is 0.471. The zero-order chi connectivity index (χ0) is 18.2. The summed E-state index contributed by atoms with van der Waals surface area (Å²) in [6.45, 7) is 1.68. The van der Waals surface area contributed by atoms with Crippen LogP contribution >= 0.6 is 0 Å². The van der Waals surface area contributed by atoms with Crippen LogP contribution in [0, 0.1) is 5.92 Å². The molecule has 3 rings (SSSR count).